The van der Waals surface area contributed by atoms with Crippen LogP contribution in [0, 0.1) is 12.3 Å². The second-order valence-electron chi connectivity index (χ2n) is 5.56. The Balaban J connectivity index is 2.74. The molecule has 17 heavy (non-hydrogen) atoms. The molecule has 1 aromatic heterocycles. The first-order chi connectivity index (χ1) is 7.89. The van der Waals surface area contributed by atoms with Crippen LogP contribution in [0.15, 0.2) is 16.5 Å². The van der Waals surface area contributed by atoms with Crippen molar-refractivity contribution in [2.45, 2.75) is 40.7 Å². The van der Waals surface area contributed by atoms with E-state index in [1.54, 1.807) is 0 Å². The summed E-state index contributed by atoms with van der Waals surface area (Å²) in [6.45, 7) is 13.5. The predicted molar refractivity (Wildman–Crippen MR) is 71.9 cm³/mol. The first-order valence-corrected chi connectivity index (χ1v) is 6.40. The van der Waals surface area contributed by atoms with E-state index in [0.717, 1.165) is 24.6 Å². The fourth-order valence-electron chi connectivity index (χ4n) is 1.99. The van der Waals surface area contributed by atoms with Crippen molar-refractivity contribution in [3.8, 4) is 0 Å². The van der Waals surface area contributed by atoms with Gasteiger partial charge in [0.1, 0.15) is 11.5 Å². The molecule has 98 valence electrons. The van der Waals surface area contributed by atoms with Crippen LogP contribution in [-0.2, 0) is 0 Å². The Hall–Kier alpha value is -0.800. The molecular formula is C14H26N2O. The van der Waals surface area contributed by atoms with E-state index < -0.39 is 0 Å². The topological polar surface area (TPSA) is 42.4 Å². The maximum atomic E-state index is 5.80. The number of nitrogens with zero attached hydrogens (tertiary/aromatic N) is 1. The molecular weight excluding hydrogens is 212 g/mol. The number of hydrogen-bond donors (Lipinski definition) is 1. The molecule has 2 N–H and O–H groups in total. The van der Waals surface area contributed by atoms with Gasteiger partial charge in [-0.15, -0.1) is 0 Å². The highest BCUT2D eigenvalue weighted by molar-refractivity contribution is 5.09. The molecule has 3 nitrogen and oxygen atoms in total. The van der Waals surface area contributed by atoms with Gasteiger partial charge in [0, 0.05) is 6.54 Å². The number of nitrogens with two attached hydrogens (primary N) is 1. The summed E-state index contributed by atoms with van der Waals surface area (Å²) >= 11 is 0. The summed E-state index contributed by atoms with van der Waals surface area (Å²) < 4.78 is 5.70. The SMILES string of the molecule is CCN(CC(C)(C)CN)C(C)c1ccc(C)o1. The lowest BCUT2D eigenvalue weighted by molar-refractivity contribution is 0.134. The molecule has 1 aromatic rings. The second kappa shape index (κ2) is 5.69. The van der Waals surface area contributed by atoms with Crippen molar-refractivity contribution in [3.05, 3.63) is 23.7 Å². The Kier molecular flexibility index (Phi) is 4.78. The van der Waals surface area contributed by atoms with Crippen molar-refractivity contribution < 1.29 is 4.42 Å². The standard InChI is InChI=1S/C14H26N2O/c1-6-16(10-14(4,5)9-15)12(3)13-8-7-11(2)17-13/h7-8,12H,6,9-10,15H2,1-5H3. The van der Waals surface area contributed by atoms with Crippen molar-refractivity contribution >= 4 is 0 Å². The Morgan fingerprint density at radius 2 is 2.06 bits per heavy atom. The number of rotatable bonds is 6. The smallest absolute Gasteiger partial charge is 0.121 e. The molecule has 0 aromatic carbocycles. The number of furan rings is 1. The molecule has 0 fully saturated rings. The van der Waals surface area contributed by atoms with Gasteiger partial charge in [-0.25, -0.2) is 0 Å². The van der Waals surface area contributed by atoms with Gasteiger partial charge in [0.25, 0.3) is 0 Å². The highest BCUT2D eigenvalue weighted by Gasteiger charge is 2.24. The van der Waals surface area contributed by atoms with E-state index in [2.05, 4.69) is 38.7 Å². The van der Waals surface area contributed by atoms with E-state index in [9.17, 15) is 0 Å². The summed E-state index contributed by atoms with van der Waals surface area (Å²) in [5, 5.41) is 0. The first kappa shape index (κ1) is 14.3. The van der Waals surface area contributed by atoms with Crippen molar-refractivity contribution in [2.75, 3.05) is 19.6 Å². The molecule has 0 aliphatic carbocycles. The van der Waals surface area contributed by atoms with Gasteiger partial charge in [0.2, 0.25) is 0 Å². The van der Waals surface area contributed by atoms with Crippen LogP contribution < -0.4 is 5.73 Å². The minimum Gasteiger partial charge on any atom is -0.465 e. The van der Waals surface area contributed by atoms with E-state index in [1.165, 1.54) is 0 Å². The third-order valence-electron chi connectivity index (χ3n) is 3.31. The summed E-state index contributed by atoms with van der Waals surface area (Å²) in [5.74, 6) is 2.01. The highest BCUT2D eigenvalue weighted by atomic mass is 16.3. The molecule has 0 bridgehead atoms. The van der Waals surface area contributed by atoms with E-state index in [-0.39, 0.29) is 5.41 Å². The molecule has 0 saturated heterocycles. The summed E-state index contributed by atoms with van der Waals surface area (Å²) in [6, 6.07) is 4.39. The van der Waals surface area contributed by atoms with Crippen LogP contribution in [0.1, 0.15) is 45.3 Å². The van der Waals surface area contributed by atoms with Crippen LogP contribution >= 0.6 is 0 Å². The van der Waals surface area contributed by atoms with Crippen molar-refractivity contribution in [1.82, 2.24) is 4.90 Å². The van der Waals surface area contributed by atoms with Gasteiger partial charge in [0.15, 0.2) is 0 Å². The van der Waals surface area contributed by atoms with Crippen LogP contribution in [0.3, 0.4) is 0 Å². The molecule has 1 unspecified atom stereocenters. The molecule has 0 spiro atoms. The van der Waals surface area contributed by atoms with Gasteiger partial charge in [-0.2, -0.15) is 0 Å². The Morgan fingerprint density at radius 3 is 2.47 bits per heavy atom. The van der Waals surface area contributed by atoms with Gasteiger partial charge in [0.05, 0.1) is 6.04 Å². The molecule has 1 atom stereocenters. The van der Waals surface area contributed by atoms with Gasteiger partial charge < -0.3 is 10.2 Å². The van der Waals surface area contributed by atoms with E-state index in [1.807, 2.05) is 13.0 Å². The summed E-state index contributed by atoms with van der Waals surface area (Å²) in [4.78, 5) is 2.41. The minimum atomic E-state index is 0.145. The summed E-state index contributed by atoms with van der Waals surface area (Å²) in [7, 11) is 0. The molecule has 0 aliphatic rings. The monoisotopic (exact) mass is 238 g/mol. The van der Waals surface area contributed by atoms with Crippen LogP contribution in [0.5, 0.6) is 0 Å². The molecule has 3 heteroatoms. The molecule has 1 heterocycles. The van der Waals surface area contributed by atoms with Crippen LogP contribution in [0.4, 0.5) is 0 Å². The quantitative estimate of drug-likeness (QED) is 0.828. The number of hydrogen-bond acceptors (Lipinski definition) is 3. The maximum absolute atomic E-state index is 5.80. The largest absolute Gasteiger partial charge is 0.465 e. The van der Waals surface area contributed by atoms with E-state index >= 15 is 0 Å². The van der Waals surface area contributed by atoms with Gasteiger partial charge in [-0.3, -0.25) is 4.90 Å². The van der Waals surface area contributed by atoms with E-state index in [0.29, 0.717) is 12.6 Å². The van der Waals surface area contributed by atoms with Crippen LogP contribution in [-0.4, -0.2) is 24.5 Å². The minimum absolute atomic E-state index is 0.145. The second-order valence-corrected chi connectivity index (χ2v) is 5.56. The first-order valence-electron chi connectivity index (χ1n) is 6.40. The van der Waals surface area contributed by atoms with Gasteiger partial charge in [-0.1, -0.05) is 20.8 Å². The zero-order valence-corrected chi connectivity index (χ0v) is 11.8. The fraction of sp³-hybridized carbons (Fsp3) is 0.714. The van der Waals surface area contributed by atoms with Gasteiger partial charge >= 0.3 is 0 Å². The Morgan fingerprint density at radius 1 is 1.41 bits per heavy atom. The maximum Gasteiger partial charge on any atom is 0.121 e. The fourth-order valence-corrected chi connectivity index (χ4v) is 1.99. The Labute approximate surface area is 105 Å². The highest BCUT2D eigenvalue weighted by Crippen LogP contribution is 2.25. The average Bonchev–Trinajstić information content (AvgIpc) is 2.72. The third kappa shape index (κ3) is 3.86. The summed E-state index contributed by atoms with van der Waals surface area (Å²) in [5.41, 5.74) is 5.95. The molecule has 0 aliphatic heterocycles. The lowest BCUT2D eigenvalue weighted by Crippen LogP contribution is -2.39. The lowest BCUT2D eigenvalue weighted by atomic mass is 9.92. The lowest BCUT2D eigenvalue weighted by Gasteiger charge is -2.34. The van der Waals surface area contributed by atoms with Crippen molar-refractivity contribution in [2.24, 2.45) is 11.1 Å². The van der Waals surface area contributed by atoms with Crippen molar-refractivity contribution in [3.63, 3.8) is 0 Å². The van der Waals surface area contributed by atoms with E-state index in [4.69, 9.17) is 10.2 Å². The number of aryl methyl sites for hydroxylation is 1. The van der Waals surface area contributed by atoms with Crippen LogP contribution in [0.25, 0.3) is 0 Å². The third-order valence-corrected chi connectivity index (χ3v) is 3.31. The normalized spacial score (nSPS) is 14.3. The molecule has 1 rings (SSSR count). The summed E-state index contributed by atoms with van der Waals surface area (Å²) in [6.07, 6.45) is 0. The molecule has 0 radical (unpaired) electrons. The van der Waals surface area contributed by atoms with Crippen molar-refractivity contribution in [1.29, 1.82) is 0 Å². The average molecular weight is 238 g/mol. The van der Waals surface area contributed by atoms with Crippen LogP contribution in [0.2, 0.25) is 0 Å². The molecule has 0 amide bonds. The zero-order valence-electron chi connectivity index (χ0n) is 11.8. The zero-order chi connectivity index (χ0) is 13.1. The Bertz CT molecular complexity index is 344. The van der Waals surface area contributed by atoms with Gasteiger partial charge in [-0.05, 0) is 44.5 Å². The molecule has 0 saturated carbocycles. The predicted octanol–water partition coefficient (Wildman–Crippen LogP) is 2.96.